The second kappa shape index (κ2) is 3.04. The van der Waals surface area contributed by atoms with Crippen LogP contribution in [0.5, 0.6) is 0 Å². The molecule has 0 unspecified atom stereocenters. The zero-order valence-electron chi connectivity index (χ0n) is 8.84. The predicted octanol–water partition coefficient (Wildman–Crippen LogP) is 1.54. The van der Waals surface area contributed by atoms with Crippen LogP contribution in [0.3, 0.4) is 0 Å². The zero-order valence-corrected chi connectivity index (χ0v) is 8.84. The topological polar surface area (TPSA) is 68.0 Å². The van der Waals surface area contributed by atoms with Crippen molar-refractivity contribution in [3.63, 3.8) is 0 Å². The number of aryl methyl sites for hydroxylation is 1. The number of aromatic carboxylic acids is 1. The molecule has 2 aromatic rings. The molecule has 3 rings (SSSR count). The molecule has 1 aliphatic carbocycles. The van der Waals surface area contributed by atoms with E-state index in [0.717, 1.165) is 11.3 Å². The molecule has 5 nitrogen and oxygen atoms in total. The highest BCUT2D eigenvalue weighted by atomic mass is 16.4. The summed E-state index contributed by atoms with van der Waals surface area (Å²) in [4.78, 5) is 19.4. The van der Waals surface area contributed by atoms with Crippen molar-refractivity contribution in [2.45, 2.75) is 18.8 Å². The first kappa shape index (κ1) is 9.33. The fraction of sp³-hybridized carbons (Fsp3) is 0.364. The largest absolute Gasteiger partial charge is 0.477 e. The fourth-order valence-electron chi connectivity index (χ4n) is 1.91. The van der Waals surface area contributed by atoms with Crippen LogP contribution in [0.15, 0.2) is 12.1 Å². The van der Waals surface area contributed by atoms with Crippen molar-refractivity contribution in [3.05, 3.63) is 23.7 Å². The Kier molecular flexibility index (Phi) is 1.77. The number of imidazole rings is 1. The van der Waals surface area contributed by atoms with Crippen LogP contribution in [0.2, 0.25) is 0 Å². The van der Waals surface area contributed by atoms with E-state index in [0.29, 0.717) is 11.6 Å². The van der Waals surface area contributed by atoms with Gasteiger partial charge in [0.05, 0.1) is 0 Å². The standard InChI is InChI=1S/C11H11N3O2/c1-14-9(6-2-3-6)12-7-4-5-8(11(15)16)13-10(7)14/h4-6H,2-3H2,1H3,(H,15,16). The monoisotopic (exact) mass is 217 g/mol. The second-order valence-electron chi connectivity index (χ2n) is 4.15. The molecule has 5 heteroatoms. The van der Waals surface area contributed by atoms with Crippen LogP contribution in [-0.4, -0.2) is 25.6 Å². The van der Waals surface area contributed by atoms with Crippen LogP contribution >= 0.6 is 0 Å². The molecule has 1 fully saturated rings. The molecule has 0 bridgehead atoms. The number of pyridine rings is 1. The van der Waals surface area contributed by atoms with E-state index in [-0.39, 0.29) is 5.69 Å². The quantitative estimate of drug-likeness (QED) is 0.828. The van der Waals surface area contributed by atoms with Gasteiger partial charge in [-0.1, -0.05) is 0 Å². The van der Waals surface area contributed by atoms with Gasteiger partial charge in [0.2, 0.25) is 0 Å². The van der Waals surface area contributed by atoms with E-state index in [1.807, 2.05) is 11.6 Å². The molecule has 0 atom stereocenters. The number of nitrogens with zero attached hydrogens (tertiary/aromatic N) is 3. The van der Waals surface area contributed by atoms with Crippen molar-refractivity contribution in [1.29, 1.82) is 0 Å². The highest BCUT2D eigenvalue weighted by Gasteiger charge is 2.29. The third-order valence-corrected chi connectivity index (χ3v) is 2.91. The summed E-state index contributed by atoms with van der Waals surface area (Å²) < 4.78 is 1.90. The lowest BCUT2D eigenvalue weighted by Gasteiger charge is -1.99. The van der Waals surface area contributed by atoms with E-state index in [2.05, 4.69) is 9.97 Å². The molecule has 2 aromatic heterocycles. The van der Waals surface area contributed by atoms with Gasteiger partial charge in [0, 0.05) is 13.0 Å². The van der Waals surface area contributed by atoms with Crippen LogP contribution in [0.1, 0.15) is 35.1 Å². The van der Waals surface area contributed by atoms with Crippen LogP contribution < -0.4 is 0 Å². The van der Waals surface area contributed by atoms with Gasteiger partial charge in [0.25, 0.3) is 0 Å². The molecule has 2 heterocycles. The third kappa shape index (κ3) is 1.28. The number of carboxylic acids is 1. The third-order valence-electron chi connectivity index (χ3n) is 2.91. The van der Waals surface area contributed by atoms with Crippen molar-refractivity contribution in [3.8, 4) is 0 Å². The predicted molar refractivity (Wildman–Crippen MR) is 57.4 cm³/mol. The Bertz CT molecular complexity index is 584. The summed E-state index contributed by atoms with van der Waals surface area (Å²) in [5.41, 5.74) is 1.49. The Labute approximate surface area is 91.7 Å². The number of carbonyl (C=O) groups is 1. The highest BCUT2D eigenvalue weighted by molar-refractivity contribution is 5.88. The zero-order chi connectivity index (χ0) is 11.3. The molecule has 0 spiro atoms. The number of aromatic nitrogens is 3. The van der Waals surface area contributed by atoms with Gasteiger partial charge in [-0.05, 0) is 25.0 Å². The molecule has 1 aliphatic rings. The molecule has 1 N–H and O–H groups in total. The van der Waals surface area contributed by atoms with Crippen molar-refractivity contribution in [1.82, 2.24) is 14.5 Å². The Morgan fingerprint density at radius 1 is 1.44 bits per heavy atom. The summed E-state index contributed by atoms with van der Waals surface area (Å²) in [6.45, 7) is 0. The van der Waals surface area contributed by atoms with Gasteiger partial charge in [-0.2, -0.15) is 0 Å². The Morgan fingerprint density at radius 3 is 2.81 bits per heavy atom. The number of carboxylic acid groups (broad SMARTS) is 1. The van der Waals surface area contributed by atoms with Crippen molar-refractivity contribution < 1.29 is 9.90 Å². The minimum Gasteiger partial charge on any atom is -0.477 e. The Balaban J connectivity index is 2.22. The van der Waals surface area contributed by atoms with Gasteiger partial charge in [0.1, 0.15) is 11.3 Å². The number of fused-ring (bicyclic) bond motifs is 1. The molecule has 0 aliphatic heterocycles. The van der Waals surface area contributed by atoms with Crippen molar-refractivity contribution in [2.75, 3.05) is 0 Å². The molecular weight excluding hydrogens is 206 g/mol. The fourth-order valence-corrected chi connectivity index (χ4v) is 1.91. The highest BCUT2D eigenvalue weighted by Crippen LogP contribution is 2.39. The van der Waals surface area contributed by atoms with Crippen LogP contribution in [0, 0.1) is 0 Å². The first-order valence-electron chi connectivity index (χ1n) is 5.23. The maximum Gasteiger partial charge on any atom is 0.354 e. The van der Waals surface area contributed by atoms with Crippen LogP contribution in [0.25, 0.3) is 11.2 Å². The van der Waals surface area contributed by atoms with Gasteiger partial charge in [0.15, 0.2) is 11.3 Å². The Hall–Kier alpha value is -1.91. The molecule has 0 radical (unpaired) electrons. The molecule has 82 valence electrons. The van der Waals surface area contributed by atoms with Gasteiger partial charge < -0.3 is 9.67 Å². The lowest BCUT2D eigenvalue weighted by atomic mass is 10.3. The summed E-state index contributed by atoms with van der Waals surface area (Å²) in [5, 5.41) is 8.87. The maximum atomic E-state index is 10.8. The maximum absolute atomic E-state index is 10.8. The number of hydrogen-bond donors (Lipinski definition) is 1. The van der Waals surface area contributed by atoms with Gasteiger partial charge in [-0.3, -0.25) is 0 Å². The van der Waals surface area contributed by atoms with E-state index in [1.54, 1.807) is 6.07 Å². The summed E-state index contributed by atoms with van der Waals surface area (Å²) in [7, 11) is 1.89. The first-order chi connectivity index (χ1) is 7.66. The second-order valence-corrected chi connectivity index (χ2v) is 4.15. The molecule has 1 saturated carbocycles. The summed E-state index contributed by atoms with van der Waals surface area (Å²) in [6.07, 6.45) is 2.34. The molecule has 0 amide bonds. The number of rotatable bonds is 2. The summed E-state index contributed by atoms with van der Waals surface area (Å²) in [6, 6.07) is 3.21. The van der Waals surface area contributed by atoms with E-state index < -0.39 is 5.97 Å². The summed E-state index contributed by atoms with van der Waals surface area (Å²) >= 11 is 0. The van der Waals surface area contributed by atoms with E-state index in [4.69, 9.17) is 5.11 Å². The van der Waals surface area contributed by atoms with Gasteiger partial charge in [-0.15, -0.1) is 0 Å². The van der Waals surface area contributed by atoms with Crippen LogP contribution in [0.4, 0.5) is 0 Å². The lowest BCUT2D eigenvalue weighted by Crippen LogP contribution is -2.02. The number of hydrogen-bond acceptors (Lipinski definition) is 3. The van der Waals surface area contributed by atoms with Crippen molar-refractivity contribution >= 4 is 17.1 Å². The first-order valence-corrected chi connectivity index (χ1v) is 5.23. The van der Waals surface area contributed by atoms with E-state index in [1.165, 1.54) is 18.9 Å². The van der Waals surface area contributed by atoms with E-state index >= 15 is 0 Å². The average Bonchev–Trinajstić information content (AvgIpc) is 3.04. The summed E-state index contributed by atoms with van der Waals surface area (Å²) in [5.74, 6) is 0.550. The van der Waals surface area contributed by atoms with Crippen molar-refractivity contribution in [2.24, 2.45) is 7.05 Å². The minimum absolute atomic E-state index is 0.0675. The van der Waals surface area contributed by atoms with Gasteiger partial charge in [-0.25, -0.2) is 14.8 Å². The van der Waals surface area contributed by atoms with Gasteiger partial charge >= 0.3 is 5.97 Å². The Morgan fingerprint density at radius 2 is 2.19 bits per heavy atom. The SMILES string of the molecule is Cn1c(C2CC2)nc2ccc(C(=O)O)nc21. The molecule has 16 heavy (non-hydrogen) atoms. The van der Waals surface area contributed by atoms with E-state index in [9.17, 15) is 4.79 Å². The molecular formula is C11H11N3O2. The smallest absolute Gasteiger partial charge is 0.354 e. The average molecular weight is 217 g/mol. The minimum atomic E-state index is -1.00. The molecule has 0 aromatic carbocycles. The lowest BCUT2D eigenvalue weighted by molar-refractivity contribution is 0.0691. The van der Waals surface area contributed by atoms with Crippen LogP contribution in [-0.2, 0) is 7.05 Å². The molecule has 0 saturated heterocycles. The normalized spacial score (nSPS) is 15.6.